The van der Waals surface area contributed by atoms with Crippen LogP contribution in [-0.4, -0.2) is 74.4 Å². The van der Waals surface area contributed by atoms with Crippen molar-refractivity contribution in [2.75, 3.05) is 36.9 Å². The number of pyridine rings is 1. The van der Waals surface area contributed by atoms with Crippen LogP contribution in [0.1, 0.15) is 84.5 Å². The van der Waals surface area contributed by atoms with Gasteiger partial charge in [0.15, 0.2) is 0 Å². The zero-order valence-electron chi connectivity index (χ0n) is 31.7. The van der Waals surface area contributed by atoms with E-state index in [4.69, 9.17) is 16.6 Å². The van der Waals surface area contributed by atoms with Crippen LogP contribution in [0.2, 0.25) is 5.02 Å². The number of hydrogen-bond acceptors (Lipinski definition) is 9. The molecule has 5 heterocycles. The number of carbonyl (C=O) groups is 3. The van der Waals surface area contributed by atoms with Crippen molar-refractivity contribution in [2.45, 2.75) is 75.5 Å². The Labute approximate surface area is 339 Å². The summed E-state index contributed by atoms with van der Waals surface area (Å²) < 4.78 is 58.0. The molecule has 12 nitrogen and oxygen atoms in total. The Bertz CT molecular complexity index is 2490. The fourth-order valence-electron chi connectivity index (χ4n) is 8.77. The third-order valence-corrected chi connectivity index (χ3v) is 13.2. The highest BCUT2D eigenvalue weighted by atomic mass is 35.5. The van der Waals surface area contributed by atoms with E-state index in [0.717, 1.165) is 87.1 Å². The van der Waals surface area contributed by atoms with Gasteiger partial charge < -0.3 is 15.1 Å². The maximum absolute atomic E-state index is 15.0. The van der Waals surface area contributed by atoms with Gasteiger partial charge in [-0.1, -0.05) is 17.7 Å². The number of halogens is 5. The first-order valence-electron chi connectivity index (χ1n) is 19.3. The Morgan fingerprint density at radius 1 is 1.02 bits per heavy atom. The number of benzene rings is 2. The zero-order chi connectivity index (χ0) is 41.0. The van der Waals surface area contributed by atoms with E-state index in [9.17, 15) is 32.3 Å². The molecular formula is C40H41ClF4N8O4S. The summed E-state index contributed by atoms with van der Waals surface area (Å²) in [7, 11) is 3.87. The van der Waals surface area contributed by atoms with Gasteiger partial charge in [0.25, 0.3) is 5.91 Å². The number of imidazole rings is 1. The average molecular weight is 841 g/mol. The van der Waals surface area contributed by atoms with Crippen LogP contribution in [0.15, 0.2) is 47.3 Å². The van der Waals surface area contributed by atoms with Crippen molar-refractivity contribution in [3.05, 3.63) is 80.2 Å². The molecule has 0 bridgehead atoms. The summed E-state index contributed by atoms with van der Waals surface area (Å²) in [5, 5.41) is 6.08. The number of anilines is 2. The molecule has 8 rings (SSSR count). The second-order valence-electron chi connectivity index (χ2n) is 15.6. The van der Waals surface area contributed by atoms with Crippen LogP contribution in [0.5, 0.6) is 0 Å². The van der Waals surface area contributed by atoms with Crippen LogP contribution in [0.4, 0.5) is 28.9 Å². The summed E-state index contributed by atoms with van der Waals surface area (Å²) in [5.41, 5.74) is 0.426. The minimum atomic E-state index is -4.72. The summed E-state index contributed by atoms with van der Waals surface area (Å²) in [4.78, 5) is 63.6. The molecule has 1 atom stereocenters. The van der Waals surface area contributed by atoms with Gasteiger partial charge in [0.2, 0.25) is 11.8 Å². The molecule has 2 aliphatic heterocycles. The molecule has 0 spiro atoms. The smallest absolute Gasteiger partial charge is 0.370 e. The third kappa shape index (κ3) is 7.83. The van der Waals surface area contributed by atoms with E-state index in [-0.39, 0.29) is 36.0 Å². The number of imide groups is 1. The molecule has 3 fully saturated rings. The molecule has 18 heteroatoms. The molecule has 0 radical (unpaired) electrons. The number of aryl methyl sites for hydroxylation is 1. The number of fused-ring (bicyclic) bond motifs is 2. The van der Waals surface area contributed by atoms with Crippen LogP contribution in [0.25, 0.3) is 21.3 Å². The van der Waals surface area contributed by atoms with Crippen molar-refractivity contribution in [2.24, 2.45) is 13.0 Å². The molecule has 3 amide bonds. The number of rotatable bonds is 8. The standard InChI is InChI=1S/C40H41ClF4N8O4S/c1-50(24-12-14-52(15-13-24)30-16-23(41)17-31-35(30)51(2)39(57)53(31)29-10-11-34(54)49-37(29)56)20-21-6-8-22(9-7-21)38-48-28-18-25(42)27(19-32(28)58-38)47-36(55)26-4-3-5-33(46-26)40(43,44)45/h3-5,16-19,21-22,24,29H,6-15,20H2,1-2H3,(H,47,55)(H,49,54,56)/t21-,22-,29?. The first-order valence-corrected chi connectivity index (χ1v) is 20.5. The number of hydrogen-bond donors (Lipinski definition) is 2. The minimum Gasteiger partial charge on any atom is -0.370 e. The van der Waals surface area contributed by atoms with Gasteiger partial charge in [-0.3, -0.25) is 28.8 Å². The van der Waals surface area contributed by atoms with Crippen molar-refractivity contribution in [3.63, 3.8) is 0 Å². The predicted octanol–water partition coefficient (Wildman–Crippen LogP) is 7.26. The maximum Gasteiger partial charge on any atom is 0.433 e. The van der Waals surface area contributed by atoms with Gasteiger partial charge in [-0.2, -0.15) is 13.2 Å². The van der Waals surface area contributed by atoms with Gasteiger partial charge in [0, 0.05) is 56.2 Å². The predicted molar refractivity (Wildman–Crippen MR) is 213 cm³/mol. The molecule has 2 saturated heterocycles. The lowest BCUT2D eigenvalue weighted by molar-refractivity contribution is -0.141. The van der Waals surface area contributed by atoms with Gasteiger partial charge in [-0.05, 0) is 88.2 Å². The van der Waals surface area contributed by atoms with E-state index in [0.29, 0.717) is 38.2 Å². The Hall–Kier alpha value is -4.87. The number of piperidine rings is 2. The minimum absolute atomic E-state index is 0.153. The second kappa shape index (κ2) is 15.7. The third-order valence-electron chi connectivity index (χ3n) is 11.8. The van der Waals surface area contributed by atoms with E-state index >= 15 is 4.39 Å². The lowest BCUT2D eigenvalue weighted by Crippen LogP contribution is -2.45. The molecule has 5 aromatic rings. The highest BCUT2D eigenvalue weighted by Gasteiger charge is 2.35. The molecule has 2 N–H and O–H groups in total. The molecule has 58 heavy (non-hydrogen) atoms. The van der Waals surface area contributed by atoms with E-state index in [1.165, 1.54) is 28.0 Å². The fraction of sp³-hybridized carbons (Fsp3) is 0.450. The molecular weight excluding hydrogens is 800 g/mol. The van der Waals surface area contributed by atoms with Crippen LogP contribution < -0.4 is 21.2 Å². The highest BCUT2D eigenvalue weighted by molar-refractivity contribution is 7.18. The summed E-state index contributed by atoms with van der Waals surface area (Å²) in [5.74, 6) is -1.80. The number of alkyl halides is 3. The molecule has 3 aromatic heterocycles. The molecule has 1 unspecified atom stereocenters. The van der Waals surface area contributed by atoms with Crippen molar-refractivity contribution in [3.8, 4) is 0 Å². The molecule has 306 valence electrons. The number of nitrogens with zero attached hydrogens (tertiary/aromatic N) is 6. The number of thiazole rings is 1. The summed E-state index contributed by atoms with van der Waals surface area (Å²) >= 11 is 8.06. The molecule has 1 saturated carbocycles. The second-order valence-corrected chi connectivity index (χ2v) is 17.1. The van der Waals surface area contributed by atoms with Crippen LogP contribution in [0, 0.1) is 11.7 Å². The molecule has 2 aromatic carbocycles. The molecule has 1 aliphatic carbocycles. The normalized spacial score (nSPS) is 21.0. The van der Waals surface area contributed by atoms with Crippen LogP contribution in [-0.2, 0) is 22.8 Å². The number of carbonyl (C=O) groups excluding carboxylic acids is 3. The van der Waals surface area contributed by atoms with Gasteiger partial charge in [0.1, 0.15) is 23.2 Å². The van der Waals surface area contributed by atoms with Crippen LogP contribution in [0.3, 0.4) is 0 Å². The molecule has 3 aliphatic rings. The zero-order valence-corrected chi connectivity index (χ0v) is 33.3. The van der Waals surface area contributed by atoms with E-state index in [2.05, 4.69) is 32.5 Å². The Kier molecular flexibility index (Phi) is 10.8. The largest absolute Gasteiger partial charge is 0.433 e. The summed E-state index contributed by atoms with van der Waals surface area (Å²) in [6, 6.07) is 8.86. The van der Waals surface area contributed by atoms with Crippen LogP contribution >= 0.6 is 22.9 Å². The van der Waals surface area contributed by atoms with Crippen molar-refractivity contribution >= 4 is 73.3 Å². The van der Waals surface area contributed by atoms with Gasteiger partial charge in [-0.15, -0.1) is 11.3 Å². The summed E-state index contributed by atoms with van der Waals surface area (Å²) in [6.45, 7) is 2.48. The monoisotopic (exact) mass is 840 g/mol. The van der Waals surface area contributed by atoms with E-state index in [1.807, 2.05) is 6.07 Å². The quantitative estimate of drug-likeness (QED) is 0.123. The van der Waals surface area contributed by atoms with E-state index < -0.39 is 41.2 Å². The maximum atomic E-state index is 15.0. The Morgan fingerprint density at radius 3 is 2.47 bits per heavy atom. The Balaban J connectivity index is 0.867. The first-order chi connectivity index (χ1) is 27.6. The van der Waals surface area contributed by atoms with E-state index in [1.54, 1.807) is 17.7 Å². The highest BCUT2D eigenvalue weighted by Crippen LogP contribution is 2.41. The van der Waals surface area contributed by atoms with Gasteiger partial charge in [0.05, 0.1) is 37.6 Å². The SMILES string of the molecule is CN(C[C@H]1CC[C@H](c2nc3cc(F)c(NC(=O)c4cccc(C(F)(F)F)n4)cc3s2)CC1)C1CCN(c2cc(Cl)cc3c2n(C)c(=O)n3C2CCC(=O)NC2=O)CC1. The first kappa shape index (κ1) is 39.9. The topological polar surface area (TPSA) is 134 Å². The Morgan fingerprint density at radius 2 is 1.76 bits per heavy atom. The van der Waals surface area contributed by atoms with Crippen molar-refractivity contribution < 1.29 is 31.9 Å². The van der Waals surface area contributed by atoms with Gasteiger partial charge in [-0.25, -0.2) is 19.2 Å². The van der Waals surface area contributed by atoms with Crippen molar-refractivity contribution in [1.82, 2.24) is 29.3 Å². The number of nitrogens with one attached hydrogen (secondary N) is 2. The fourth-order valence-corrected chi connectivity index (χ4v) is 10.1. The number of aromatic nitrogens is 4. The lowest BCUT2D eigenvalue weighted by Gasteiger charge is -2.40. The summed E-state index contributed by atoms with van der Waals surface area (Å²) in [6.07, 6.45) is 1.43. The van der Waals surface area contributed by atoms with Crippen molar-refractivity contribution in [1.29, 1.82) is 0 Å². The average Bonchev–Trinajstić information content (AvgIpc) is 3.71. The number of amides is 3. The lowest BCUT2D eigenvalue weighted by atomic mass is 9.82. The van der Waals surface area contributed by atoms with Gasteiger partial charge >= 0.3 is 11.9 Å².